The van der Waals surface area contributed by atoms with Gasteiger partial charge in [0.1, 0.15) is 5.82 Å². The molecule has 1 aliphatic heterocycles. The summed E-state index contributed by atoms with van der Waals surface area (Å²) >= 11 is 0. The summed E-state index contributed by atoms with van der Waals surface area (Å²) in [6.45, 7) is -0.375. The number of fused-ring (bicyclic) bond motifs is 5. The van der Waals surface area contributed by atoms with E-state index >= 15 is 0 Å². The van der Waals surface area contributed by atoms with Crippen LogP contribution in [0.4, 0.5) is 4.39 Å². The first-order chi connectivity index (χ1) is 14.9. The highest BCUT2D eigenvalue weighted by atomic mass is 19.1. The predicted molar refractivity (Wildman–Crippen MR) is 107 cm³/mol. The van der Waals surface area contributed by atoms with Gasteiger partial charge in [0.25, 0.3) is 0 Å². The van der Waals surface area contributed by atoms with Gasteiger partial charge in [-0.25, -0.2) is 4.39 Å². The second-order valence-corrected chi connectivity index (χ2v) is 9.47. The van der Waals surface area contributed by atoms with E-state index in [1.807, 2.05) is 0 Å². The van der Waals surface area contributed by atoms with E-state index in [9.17, 15) is 23.6 Å². The second-order valence-electron chi connectivity index (χ2n) is 9.47. The Bertz CT molecular complexity index is 892. The second kappa shape index (κ2) is 7.84. The number of Topliss-reactive ketones (excluding diaryl/α,β-unsaturated/α-hetero) is 1. The summed E-state index contributed by atoms with van der Waals surface area (Å²) in [5.74, 6) is -1.01. The molecule has 1 aromatic rings. The molecule has 1 aromatic carbocycles. The van der Waals surface area contributed by atoms with Gasteiger partial charge in [-0.15, -0.1) is 0 Å². The average Bonchev–Trinajstić information content (AvgIpc) is 3.46. The maximum absolute atomic E-state index is 13.0. The third-order valence-corrected chi connectivity index (χ3v) is 7.87. The molecular weight excluding hydrogens is 401 g/mol. The molecule has 1 saturated heterocycles. The minimum absolute atomic E-state index is 0.0121. The summed E-state index contributed by atoms with van der Waals surface area (Å²) in [5.41, 5.74) is 0.295. The highest BCUT2D eigenvalue weighted by Gasteiger charge is 2.61. The van der Waals surface area contributed by atoms with Crippen LogP contribution in [0.3, 0.4) is 0 Å². The normalized spacial score (nSPS) is 34.2. The molecule has 4 aliphatic rings. The number of nitrogens with zero attached hydrogens (tertiary/aromatic N) is 1. The highest BCUT2D eigenvalue weighted by molar-refractivity contribution is 6.06. The number of ether oxygens (including phenoxy) is 1. The number of esters is 1. The number of ketones is 1. The van der Waals surface area contributed by atoms with E-state index < -0.39 is 11.8 Å². The fraction of sp³-hybridized carbons (Fsp3) is 0.583. The van der Waals surface area contributed by atoms with Crippen molar-refractivity contribution >= 4 is 23.6 Å². The number of halogens is 1. The molecule has 0 radical (unpaired) electrons. The van der Waals surface area contributed by atoms with Crippen molar-refractivity contribution < 1.29 is 28.3 Å². The van der Waals surface area contributed by atoms with Gasteiger partial charge in [-0.2, -0.15) is 0 Å². The Balaban J connectivity index is 1.13. The summed E-state index contributed by atoms with van der Waals surface area (Å²) in [5, 5.41) is 0. The minimum atomic E-state index is -0.434. The number of carbonyl (C=O) groups is 4. The molecule has 2 amide bonds. The Morgan fingerprint density at radius 3 is 2.06 bits per heavy atom. The smallest absolute Gasteiger partial charge is 0.309 e. The van der Waals surface area contributed by atoms with Crippen molar-refractivity contribution in [3.63, 3.8) is 0 Å². The van der Waals surface area contributed by atoms with Crippen LogP contribution in [-0.2, 0) is 19.1 Å². The van der Waals surface area contributed by atoms with Gasteiger partial charge in [0.15, 0.2) is 12.4 Å². The van der Waals surface area contributed by atoms with E-state index in [0.29, 0.717) is 43.1 Å². The lowest BCUT2D eigenvalue weighted by atomic mass is 9.81. The van der Waals surface area contributed by atoms with Crippen molar-refractivity contribution in [3.05, 3.63) is 35.6 Å². The summed E-state index contributed by atoms with van der Waals surface area (Å²) in [6.07, 6.45) is 5.41. The van der Waals surface area contributed by atoms with E-state index in [2.05, 4.69) is 0 Å². The third-order valence-electron chi connectivity index (χ3n) is 7.87. The number of benzene rings is 1. The molecule has 4 fully saturated rings. The van der Waals surface area contributed by atoms with Crippen LogP contribution in [0.25, 0.3) is 0 Å². The summed E-state index contributed by atoms with van der Waals surface area (Å²) in [6, 6.07) is 4.98. The zero-order chi connectivity index (χ0) is 21.7. The number of likely N-dealkylation sites (tertiary alicyclic amines) is 1. The lowest BCUT2D eigenvalue weighted by molar-refractivity contribution is -0.149. The van der Waals surface area contributed by atoms with Crippen LogP contribution in [0.2, 0.25) is 0 Å². The Hall–Kier alpha value is -2.57. The largest absolute Gasteiger partial charge is 0.457 e. The topological polar surface area (TPSA) is 80.8 Å². The summed E-state index contributed by atoms with van der Waals surface area (Å²) < 4.78 is 18.2. The van der Waals surface area contributed by atoms with Crippen molar-refractivity contribution in [1.82, 2.24) is 4.90 Å². The number of carbonyl (C=O) groups excluding carboxylic acids is 4. The zero-order valence-corrected chi connectivity index (χ0v) is 17.3. The Morgan fingerprint density at radius 2 is 1.48 bits per heavy atom. The summed E-state index contributed by atoms with van der Waals surface area (Å²) in [4.78, 5) is 52.0. The molecule has 2 bridgehead atoms. The molecule has 1 heterocycles. The first-order valence-electron chi connectivity index (χ1n) is 11.3. The lowest BCUT2D eigenvalue weighted by Crippen LogP contribution is -2.44. The first kappa shape index (κ1) is 20.3. The fourth-order valence-electron chi connectivity index (χ4n) is 6.34. The van der Waals surface area contributed by atoms with Crippen LogP contribution in [-0.4, -0.2) is 41.1 Å². The molecule has 4 atom stereocenters. The van der Waals surface area contributed by atoms with Crippen molar-refractivity contribution in [2.24, 2.45) is 29.6 Å². The van der Waals surface area contributed by atoms with Crippen molar-refractivity contribution in [2.45, 2.75) is 51.0 Å². The highest BCUT2D eigenvalue weighted by Crippen LogP contribution is 2.56. The number of hydrogen-bond acceptors (Lipinski definition) is 5. The van der Waals surface area contributed by atoms with Gasteiger partial charge in [0, 0.05) is 11.6 Å². The lowest BCUT2D eigenvalue weighted by Gasteiger charge is -2.33. The minimum Gasteiger partial charge on any atom is -0.457 e. The molecule has 0 spiro atoms. The molecule has 0 unspecified atom stereocenters. The Kier molecular flexibility index (Phi) is 5.15. The molecule has 164 valence electrons. The van der Waals surface area contributed by atoms with Crippen LogP contribution in [0.1, 0.15) is 55.3 Å². The standard InChI is InChI=1S/C24H26FNO5/c25-17-7-3-13(4-8-17)19(27)12-31-24(30)14-5-9-18(10-6-14)26-22(28)20-15-1-2-16(11-15)21(20)23(26)29/h3-4,7-8,14-16,18,20-21H,1-2,5-6,9-12H2/t14?,15-,16-,18?,20-,21+/m1/s1. The zero-order valence-electron chi connectivity index (χ0n) is 17.3. The van der Waals surface area contributed by atoms with Crippen molar-refractivity contribution in [3.8, 4) is 0 Å². The molecule has 3 aliphatic carbocycles. The van der Waals surface area contributed by atoms with E-state index in [0.717, 1.165) is 19.3 Å². The van der Waals surface area contributed by atoms with Gasteiger partial charge in [0.05, 0.1) is 17.8 Å². The monoisotopic (exact) mass is 427 g/mol. The van der Waals surface area contributed by atoms with Gasteiger partial charge < -0.3 is 4.74 Å². The summed E-state index contributed by atoms with van der Waals surface area (Å²) in [7, 11) is 0. The van der Waals surface area contributed by atoms with Crippen LogP contribution in [0.5, 0.6) is 0 Å². The van der Waals surface area contributed by atoms with Crippen LogP contribution < -0.4 is 0 Å². The van der Waals surface area contributed by atoms with Gasteiger partial charge >= 0.3 is 5.97 Å². The first-order valence-corrected chi connectivity index (χ1v) is 11.3. The van der Waals surface area contributed by atoms with Crippen molar-refractivity contribution in [1.29, 1.82) is 0 Å². The number of imide groups is 1. The van der Waals surface area contributed by atoms with Crippen molar-refractivity contribution in [2.75, 3.05) is 6.61 Å². The van der Waals surface area contributed by atoms with Crippen LogP contribution >= 0.6 is 0 Å². The molecule has 6 nitrogen and oxygen atoms in total. The van der Waals surface area contributed by atoms with E-state index in [1.54, 1.807) is 0 Å². The van der Waals surface area contributed by atoms with Crippen LogP contribution in [0, 0.1) is 35.4 Å². The Morgan fingerprint density at radius 1 is 0.903 bits per heavy atom. The quantitative estimate of drug-likeness (QED) is 0.410. The molecule has 3 saturated carbocycles. The maximum atomic E-state index is 13.0. The molecule has 7 heteroatoms. The predicted octanol–water partition coefficient (Wildman–Crippen LogP) is 3.14. The Labute approximate surface area is 180 Å². The van der Waals surface area contributed by atoms with E-state index in [1.165, 1.54) is 29.2 Å². The SMILES string of the molecule is O=C(COC(=O)C1CCC(N2C(=O)[C@@H]3[C@@H]4CC[C@H](C4)[C@@H]3C2=O)CC1)c1ccc(F)cc1. The molecular formula is C24H26FNO5. The molecule has 31 heavy (non-hydrogen) atoms. The molecule has 0 N–H and O–H groups in total. The van der Waals surface area contributed by atoms with Gasteiger partial charge in [-0.1, -0.05) is 0 Å². The van der Waals surface area contributed by atoms with E-state index in [4.69, 9.17) is 4.74 Å². The molecule has 0 aromatic heterocycles. The fourth-order valence-corrected chi connectivity index (χ4v) is 6.34. The van der Waals surface area contributed by atoms with Gasteiger partial charge in [-0.3, -0.25) is 24.1 Å². The third kappa shape index (κ3) is 3.48. The van der Waals surface area contributed by atoms with Gasteiger partial charge in [-0.05, 0) is 81.0 Å². The van der Waals surface area contributed by atoms with E-state index in [-0.39, 0.29) is 48.0 Å². The number of rotatable bonds is 5. The van der Waals surface area contributed by atoms with Crippen LogP contribution in [0.15, 0.2) is 24.3 Å². The number of amides is 2. The van der Waals surface area contributed by atoms with Gasteiger partial charge in [0.2, 0.25) is 11.8 Å². The maximum Gasteiger partial charge on any atom is 0.309 e. The average molecular weight is 427 g/mol. The number of hydrogen-bond donors (Lipinski definition) is 0. The molecule has 5 rings (SSSR count).